The summed E-state index contributed by atoms with van der Waals surface area (Å²) in [5.41, 5.74) is 13.7. The summed E-state index contributed by atoms with van der Waals surface area (Å²) < 4.78 is 8.55. The number of rotatable bonds is 4. The van der Waals surface area contributed by atoms with Gasteiger partial charge in [0, 0.05) is 42.7 Å². The van der Waals surface area contributed by atoms with Crippen LogP contribution in [0.1, 0.15) is 0 Å². The van der Waals surface area contributed by atoms with Crippen LogP contribution < -0.4 is 4.90 Å². The molecule has 8 aromatic carbocycles. The SMILES string of the molecule is c1ccc(-c2ccc(N3c4ccccc4Sc4cc(-c5ccc6c(c5)c5ccccc5n6-c5ccc6oc7ccccc7c6c5)ccc43)cc2)cc1. The van der Waals surface area contributed by atoms with E-state index in [0.717, 1.165) is 33.3 Å². The highest BCUT2D eigenvalue weighted by Gasteiger charge is 2.25. The van der Waals surface area contributed by atoms with E-state index in [9.17, 15) is 0 Å². The molecule has 2 aromatic heterocycles. The van der Waals surface area contributed by atoms with Crippen LogP contribution in [0.5, 0.6) is 0 Å². The third-order valence-electron chi connectivity index (χ3n) is 10.4. The minimum absolute atomic E-state index is 0.906. The van der Waals surface area contributed by atoms with Crippen LogP contribution in [0.2, 0.25) is 0 Å². The first kappa shape index (κ1) is 29.3. The van der Waals surface area contributed by atoms with E-state index in [2.05, 4.69) is 179 Å². The maximum Gasteiger partial charge on any atom is 0.135 e. The molecule has 0 aliphatic carbocycles. The molecule has 244 valence electrons. The summed E-state index contributed by atoms with van der Waals surface area (Å²) in [5.74, 6) is 0. The van der Waals surface area contributed by atoms with Gasteiger partial charge in [0.2, 0.25) is 0 Å². The average molecular weight is 683 g/mol. The lowest BCUT2D eigenvalue weighted by molar-refractivity contribution is 0.669. The Morgan fingerprint density at radius 1 is 0.365 bits per heavy atom. The summed E-state index contributed by atoms with van der Waals surface area (Å²) in [6.45, 7) is 0. The van der Waals surface area contributed by atoms with Crippen molar-refractivity contribution in [1.29, 1.82) is 0 Å². The first-order valence-corrected chi connectivity index (χ1v) is 18.4. The zero-order chi connectivity index (χ0) is 34.2. The molecule has 10 aromatic rings. The van der Waals surface area contributed by atoms with E-state index in [1.54, 1.807) is 0 Å². The normalized spacial score (nSPS) is 12.5. The molecule has 11 rings (SSSR count). The average Bonchev–Trinajstić information content (AvgIpc) is 3.75. The molecule has 3 heterocycles. The zero-order valence-electron chi connectivity index (χ0n) is 28.0. The highest BCUT2D eigenvalue weighted by Crippen LogP contribution is 2.52. The molecule has 0 atom stereocenters. The number of hydrogen-bond acceptors (Lipinski definition) is 3. The molecule has 0 saturated carbocycles. The van der Waals surface area contributed by atoms with Crippen molar-refractivity contribution in [3.63, 3.8) is 0 Å². The van der Waals surface area contributed by atoms with Gasteiger partial charge in [-0.2, -0.15) is 0 Å². The lowest BCUT2D eigenvalue weighted by Crippen LogP contribution is -2.14. The monoisotopic (exact) mass is 682 g/mol. The molecule has 52 heavy (non-hydrogen) atoms. The molecule has 0 bridgehead atoms. The first-order valence-electron chi connectivity index (χ1n) is 17.6. The van der Waals surface area contributed by atoms with Crippen molar-refractivity contribution in [2.45, 2.75) is 9.79 Å². The molecule has 3 nitrogen and oxygen atoms in total. The minimum Gasteiger partial charge on any atom is -0.456 e. The number of nitrogens with zero attached hydrogens (tertiary/aromatic N) is 2. The van der Waals surface area contributed by atoms with Crippen LogP contribution in [0.25, 0.3) is 71.7 Å². The quantitative estimate of drug-likeness (QED) is 0.184. The molecule has 0 fully saturated rings. The molecule has 0 amide bonds. The van der Waals surface area contributed by atoms with E-state index in [1.165, 1.54) is 65.2 Å². The van der Waals surface area contributed by atoms with Gasteiger partial charge in [0.15, 0.2) is 0 Å². The van der Waals surface area contributed by atoms with E-state index < -0.39 is 0 Å². The predicted octanol–water partition coefficient (Wildman–Crippen LogP) is 14.0. The Hall–Kier alpha value is -6.49. The Morgan fingerprint density at radius 2 is 1.00 bits per heavy atom. The summed E-state index contributed by atoms with van der Waals surface area (Å²) >= 11 is 1.85. The highest BCUT2D eigenvalue weighted by atomic mass is 32.2. The van der Waals surface area contributed by atoms with Crippen molar-refractivity contribution >= 4 is 72.6 Å². The summed E-state index contributed by atoms with van der Waals surface area (Å²) in [4.78, 5) is 4.89. The van der Waals surface area contributed by atoms with Crippen molar-refractivity contribution in [1.82, 2.24) is 4.57 Å². The number of benzene rings is 8. The molecule has 4 heteroatoms. The number of para-hydroxylation sites is 3. The van der Waals surface area contributed by atoms with Gasteiger partial charge in [0.05, 0.1) is 22.4 Å². The van der Waals surface area contributed by atoms with Gasteiger partial charge >= 0.3 is 0 Å². The van der Waals surface area contributed by atoms with Crippen molar-refractivity contribution in [2.24, 2.45) is 0 Å². The number of hydrogen-bond donors (Lipinski definition) is 0. The van der Waals surface area contributed by atoms with Gasteiger partial charge < -0.3 is 13.9 Å². The van der Waals surface area contributed by atoms with E-state index in [1.807, 2.05) is 23.9 Å². The van der Waals surface area contributed by atoms with E-state index >= 15 is 0 Å². The van der Waals surface area contributed by atoms with Crippen LogP contribution in [0.15, 0.2) is 196 Å². The standard InChI is InChI=1S/C48H30N2OS/c1-2-10-31(11-3-1)32-18-22-35(23-19-32)49-43-15-7-9-17-47(43)52-48-29-34(21-26-44(48)49)33-20-25-42-39(28-33)37-12-4-6-14-41(37)50(42)36-24-27-46-40(30-36)38-13-5-8-16-45(38)51-46/h1-30H. The van der Waals surface area contributed by atoms with E-state index in [-0.39, 0.29) is 0 Å². The first-order chi connectivity index (χ1) is 25.8. The summed E-state index contributed by atoms with van der Waals surface area (Å²) in [6.07, 6.45) is 0. The Balaban J connectivity index is 1.02. The molecule has 0 unspecified atom stereocenters. The Morgan fingerprint density at radius 3 is 1.90 bits per heavy atom. The third kappa shape index (κ3) is 4.55. The molecule has 0 spiro atoms. The molecular weight excluding hydrogens is 653 g/mol. The van der Waals surface area contributed by atoms with Crippen molar-refractivity contribution in [3.05, 3.63) is 182 Å². The van der Waals surface area contributed by atoms with Gasteiger partial charge in [-0.1, -0.05) is 115 Å². The van der Waals surface area contributed by atoms with Gasteiger partial charge in [-0.3, -0.25) is 0 Å². The molecule has 1 aliphatic rings. The number of fused-ring (bicyclic) bond motifs is 8. The highest BCUT2D eigenvalue weighted by molar-refractivity contribution is 7.99. The Kier molecular flexibility index (Phi) is 6.48. The van der Waals surface area contributed by atoms with Crippen LogP contribution in [0.4, 0.5) is 17.1 Å². The maximum atomic E-state index is 6.16. The third-order valence-corrected chi connectivity index (χ3v) is 11.5. The van der Waals surface area contributed by atoms with Crippen LogP contribution in [0, 0.1) is 0 Å². The van der Waals surface area contributed by atoms with Crippen LogP contribution in [0.3, 0.4) is 0 Å². The fourth-order valence-corrected chi connectivity index (χ4v) is 9.03. The van der Waals surface area contributed by atoms with Gasteiger partial charge in [0.25, 0.3) is 0 Å². The van der Waals surface area contributed by atoms with Crippen molar-refractivity contribution in [3.8, 4) is 27.9 Å². The number of aromatic nitrogens is 1. The Bertz CT molecular complexity index is 2990. The summed E-state index contributed by atoms with van der Waals surface area (Å²) in [5, 5.41) is 4.74. The lowest BCUT2D eigenvalue weighted by atomic mass is 10.0. The van der Waals surface area contributed by atoms with Gasteiger partial charge in [0.1, 0.15) is 11.2 Å². The van der Waals surface area contributed by atoms with Crippen LogP contribution in [-0.4, -0.2) is 4.57 Å². The van der Waals surface area contributed by atoms with Crippen LogP contribution >= 0.6 is 11.8 Å². The summed E-state index contributed by atoms with van der Waals surface area (Å²) in [7, 11) is 0. The largest absolute Gasteiger partial charge is 0.456 e. The van der Waals surface area contributed by atoms with E-state index in [0.29, 0.717) is 0 Å². The smallest absolute Gasteiger partial charge is 0.135 e. The fraction of sp³-hybridized carbons (Fsp3) is 0. The second-order valence-electron chi connectivity index (χ2n) is 13.4. The second-order valence-corrected chi connectivity index (χ2v) is 14.4. The number of anilines is 3. The number of furan rings is 1. The van der Waals surface area contributed by atoms with E-state index in [4.69, 9.17) is 4.42 Å². The summed E-state index contributed by atoms with van der Waals surface area (Å²) in [6, 6.07) is 65.6. The van der Waals surface area contributed by atoms with Gasteiger partial charge in [-0.05, 0) is 101 Å². The maximum absolute atomic E-state index is 6.16. The van der Waals surface area contributed by atoms with Gasteiger partial charge in [-0.15, -0.1) is 0 Å². The molecule has 1 aliphatic heterocycles. The van der Waals surface area contributed by atoms with Crippen molar-refractivity contribution < 1.29 is 4.42 Å². The van der Waals surface area contributed by atoms with Gasteiger partial charge in [-0.25, -0.2) is 0 Å². The van der Waals surface area contributed by atoms with Crippen molar-refractivity contribution in [2.75, 3.05) is 4.90 Å². The lowest BCUT2D eigenvalue weighted by Gasteiger charge is -2.33. The second kappa shape index (κ2) is 11.5. The topological polar surface area (TPSA) is 21.3 Å². The van der Waals surface area contributed by atoms with Crippen LogP contribution in [-0.2, 0) is 0 Å². The molecule has 0 saturated heterocycles. The predicted molar refractivity (Wildman–Crippen MR) is 218 cm³/mol. The zero-order valence-corrected chi connectivity index (χ0v) is 28.8. The Labute approximate surface area is 305 Å². The minimum atomic E-state index is 0.906. The molecule has 0 radical (unpaired) electrons. The molecular formula is C48H30N2OS. The molecule has 0 N–H and O–H groups in total. The fourth-order valence-electron chi connectivity index (χ4n) is 7.93.